The summed E-state index contributed by atoms with van der Waals surface area (Å²) >= 11 is 6.25. The van der Waals surface area contributed by atoms with Gasteiger partial charge in [0.05, 0.1) is 30.4 Å². The van der Waals surface area contributed by atoms with Crippen LogP contribution in [-0.2, 0) is 9.47 Å². The van der Waals surface area contributed by atoms with Crippen molar-refractivity contribution in [2.75, 3.05) is 40.5 Å². The van der Waals surface area contributed by atoms with E-state index < -0.39 is 0 Å². The summed E-state index contributed by atoms with van der Waals surface area (Å²) in [4.78, 5) is 14.9. The standard InChI is InChI=1S/C18H24ClNO4/c1-22-12-18-7-3-9-24-16(18)6-8-20(11-18)17(21)14-10-13(23-2)4-5-15(14)19/h4-5,10,16H,3,6-9,11-12H2,1-2H3. The quantitative estimate of drug-likeness (QED) is 0.834. The monoisotopic (exact) mass is 353 g/mol. The fourth-order valence-corrected chi connectivity index (χ4v) is 4.13. The molecule has 6 heteroatoms. The Morgan fingerprint density at radius 2 is 2.29 bits per heavy atom. The number of amides is 1. The first-order valence-electron chi connectivity index (χ1n) is 8.33. The van der Waals surface area contributed by atoms with E-state index in [1.165, 1.54) is 0 Å². The molecule has 1 amide bonds. The molecule has 1 aromatic rings. The van der Waals surface area contributed by atoms with E-state index in [1.54, 1.807) is 32.4 Å². The summed E-state index contributed by atoms with van der Waals surface area (Å²) in [5.74, 6) is 0.573. The van der Waals surface area contributed by atoms with Gasteiger partial charge in [0.2, 0.25) is 0 Å². The van der Waals surface area contributed by atoms with Gasteiger partial charge in [-0.15, -0.1) is 0 Å². The molecule has 0 aliphatic carbocycles. The van der Waals surface area contributed by atoms with Gasteiger partial charge in [0.25, 0.3) is 5.91 Å². The van der Waals surface area contributed by atoms with Gasteiger partial charge >= 0.3 is 0 Å². The Morgan fingerprint density at radius 3 is 3.04 bits per heavy atom. The van der Waals surface area contributed by atoms with Crippen LogP contribution in [0.4, 0.5) is 0 Å². The van der Waals surface area contributed by atoms with E-state index in [1.807, 2.05) is 4.90 Å². The molecule has 0 bridgehead atoms. The van der Waals surface area contributed by atoms with Gasteiger partial charge < -0.3 is 19.1 Å². The van der Waals surface area contributed by atoms with Crippen molar-refractivity contribution in [3.05, 3.63) is 28.8 Å². The lowest BCUT2D eigenvalue weighted by Gasteiger charge is -2.50. The van der Waals surface area contributed by atoms with Crippen LogP contribution in [0.25, 0.3) is 0 Å². The second-order valence-corrected chi connectivity index (χ2v) is 7.03. The molecule has 5 nitrogen and oxygen atoms in total. The lowest BCUT2D eigenvalue weighted by molar-refractivity contribution is -0.142. The molecule has 0 saturated carbocycles. The van der Waals surface area contributed by atoms with E-state index >= 15 is 0 Å². The highest BCUT2D eigenvalue weighted by Gasteiger charge is 2.47. The zero-order valence-electron chi connectivity index (χ0n) is 14.2. The molecule has 24 heavy (non-hydrogen) atoms. The van der Waals surface area contributed by atoms with Crippen molar-refractivity contribution < 1.29 is 19.0 Å². The molecule has 2 heterocycles. The van der Waals surface area contributed by atoms with Gasteiger partial charge in [-0.2, -0.15) is 0 Å². The minimum atomic E-state index is -0.119. The van der Waals surface area contributed by atoms with Crippen LogP contribution >= 0.6 is 11.6 Å². The van der Waals surface area contributed by atoms with Crippen molar-refractivity contribution in [3.63, 3.8) is 0 Å². The average Bonchev–Trinajstić information content (AvgIpc) is 2.61. The summed E-state index contributed by atoms with van der Waals surface area (Å²) in [6.07, 6.45) is 3.01. The average molecular weight is 354 g/mol. The molecular weight excluding hydrogens is 330 g/mol. The third-order valence-electron chi connectivity index (χ3n) is 5.11. The number of hydrogen-bond donors (Lipinski definition) is 0. The molecule has 0 spiro atoms. The number of nitrogens with zero attached hydrogens (tertiary/aromatic N) is 1. The fraction of sp³-hybridized carbons (Fsp3) is 0.611. The van der Waals surface area contributed by atoms with Gasteiger partial charge in [0.15, 0.2) is 0 Å². The molecule has 2 fully saturated rings. The molecule has 0 radical (unpaired) electrons. The predicted molar refractivity (Wildman–Crippen MR) is 91.8 cm³/mol. The van der Waals surface area contributed by atoms with Crippen molar-refractivity contribution in [3.8, 4) is 5.75 Å². The largest absolute Gasteiger partial charge is 0.497 e. The number of hydrogen-bond acceptors (Lipinski definition) is 4. The number of piperidine rings is 1. The molecule has 132 valence electrons. The minimum absolute atomic E-state index is 0.0570. The summed E-state index contributed by atoms with van der Waals surface area (Å²) < 4.78 is 16.7. The highest BCUT2D eigenvalue weighted by atomic mass is 35.5. The van der Waals surface area contributed by atoms with Gasteiger partial charge in [0.1, 0.15) is 5.75 Å². The first-order chi connectivity index (χ1) is 11.6. The van der Waals surface area contributed by atoms with Crippen molar-refractivity contribution in [2.24, 2.45) is 5.41 Å². The zero-order valence-corrected chi connectivity index (χ0v) is 15.0. The molecule has 3 rings (SSSR count). The maximum Gasteiger partial charge on any atom is 0.255 e. The van der Waals surface area contributed by atoms with E-state index in [2.05, 4.69) is 0 Å². The van der Waals surface area contributed by atoms with Crippen LogP contribution in [0.15, 0.2) is 18.2 Å². The fourth-order valence-electron chi connectivity index (χ4n) is 3.93. The van der Waals surface area contributed by atoms with E-state index in [-0.39, 0.29) is 17.4 Å². The van der Waals surface area contributed by atoms with Gasteiger partial charge in [-0.05, 0) is 37.5 Å². The van der Waals surface area contributed by atoms with Crippen LogP contribution < -0.4 is 4.74 Å². The van der Waals surface area contributed by atoms with Gasteiger partial charge in [-0.1, -0.05) is 11.6 Å². The number of fused-ring (bicyclic) bond motifs is 1. The number of carbonyl (C=O) groups is 1. The van der Waals surface area contributed by atoms with Crippen LogP contribution in [0.1, 0.15) is 29.6 Å². The van der Waals surface area contributed by atoms with Crippen molar-refractivity contribution in [1.82, 2.24) is 4.90 Å². The number of carbonyl (C=O) groups excluding carboxylic acids is 1. The van der Waals surface area contributed by atoms with Gasteiger partial charge in [-0.3, -0.25) is 4.79 Å². The highest BCUT2D eigenvalue weighted by molar-refractivity contribution is 6.33. The molecule has 2 unspecified atom stereocenters. The number of ether oxygens (including phenoxy) is 3. The van der Waals surface area contributed by atoms with Crippen LogP contribution in [0.5, 0.6) is 5.75 Å². The predicted octanol–water partition coefficient (Wildman–Crippen LogP) is 3.01. The number of methoxy groups -OCH3 is 2. The Balaban J connectivity index is 1.83. The van der Waals surface area contributed by atoms with Crippen molar-refractivity contribution >= 4 is 17.5 Å². The number of likely N-dealkylation sites (tertiary alicyclic amines) is 1. The Hall–Kier alpha value is -1.30. The van der Waals surface area contributed by atoms with E-state index in [4.69, 9.17) is 25.8 Å². The third kappa shape index (κ3) is 3.25. The number of benzene rings is 1. The Labute approximate surface area is 147 Å². The lowest BCUT2D eigenvalue weighted by atomic mass is 9.73. The van der Waals surface area contributed by atoms with E-state index in [9.17, 15) is 4.79 Å². The highest BCUT2D eigenvalue weighted by Crippen LogP contribution is 2.41. The van der Waals surface area contributed by atoms with Gasteiger partial charge in [-0.25, -0.2) is 0 Å². The molecule has 2 aliphatic heterocycles. The van der Waals surface area contributed by atoms with E-state index in [0.717, 1.165) is 25.9 Å². The van der Waals surface area contributed by atoms with E-state index in [0.29, 0.717) is 36.0 Å². The molecule has 0 aromatic heterocycles. The van der Waals surface area contributed by atoms with Gasteiger partial charge in [0, 0.05) is 32.2 Å². The summed E-state index contributed by atoms with van der Waals surface area (Å²) in [6.45, 7) is 2.71. The normalized spacial score (nSPS) is 26.8. The molecule has 1 aromatic carbocycles. The summed E-state index contributed by atoms with van der Waals surface area (Å²) in [7, 11) is 3.29. The summed E-state index contributed by atoms with van der Waals surface area (Å²) in [5.41, 5.74) is 0.366. The summed E-state index contributed by atoms with van der Waals surface area (Å²) in [5, 5.41) is 0.448. The Morgan fingerprint density at radius 1 is 1.46 bits per heavy atom. The topological polar surface area (TPSA) is 48.0 Å². The summed E-state index contributed by atoms with van der Waals surface area (Å²) in [6, 6.07) is 5.17. The number of halogens is 1. The maximum atomic E-state index is 13.0. The molecular formula is C18H24ClNO4. The maximum absolute atomic E-state index is 13.0. The van der Waals surface area contributed by atoms with Crippen LogP contribution in [0.3, 0.4) is 0 Å². The minimum Gasteiger partial charge on any atom is -0.497 e. The Kier molecular flexibility index (Phi) is 5.33. The molecule has 2 saturated heterocycles. The second kappa shape index (κ2) is 7.30. The SMILES string of the molecule is COCC12CCCOC1CCN(C(=O)c1cc(OC)ccc1Cl)C2. The third-order valence-corrected chi connectivity index (χ3v) is 5.44. The van der Waals surface area contributed by atoms with Crippen molar-refractivity contribution in [2.45, 2.75) is 25.4 Å². The lowest BCUT2D eigenvalue weighted by Crippen LogP contribution is -2.58. The molecule has 2 atom stereocenters. The molecule has 2 aliphatic rings. The van der Waals surface area contributed by atoms with Crippen LogP contribution in [0.2, 0.25) is 5.02 Å². The Bertz CT molecular complexity index is 605. The van der Waals surface area contributed by atoms with Crippen LogP contribution in [-0.4, -0.2) is 57.4 Å². The van der Waals surface area contributed by atoms with Crippen molar-refractivity contribution in [1.29, 1.82) is 0 Å². The zero-order chi connectivity index (χ0) is 17.2. The van der Waals surface area contributed by atoms with Crippen LogP contribution in [0, 0.1) is 5.41 Å². The second-order valence-electron chi connectivity index (χ2n) is 6.62. The smallest absolute Gasteiger partial charge is 0.255 e. The molecule has 0 N–H and O–H groups in total. The first-order valence-corrected chi connectivity index (χ1v) is 8.71. The number of rotatable bonds is 4. The first kappa shape index (κ1) is 17.5.